The van der Waals surface area contributed by atoms with Gasteiger partial charge in [-0.15, -0.1) is 0 Å². The maximum absolute atomic E-state index is 13.9. The van der Waals surface area contributed by atoms with E-state index in [-0.39, 0.29) is 11.8 Å². The SMILES string of the molecule is COc1ccc(/C=C/C(=O)c2ccc3ccccc3c2)cc1COc1c(F)c(F)cc(F)c1F. The van der Waals surface area contributed by atoms with Crippen LogP contribution in [-0.2, 0) is 6.61 Å². The first-order valence-corrected chi connectivity index (χ1v) is 10.2. The van der Waals surface area contributed by atoms with Crippen molar-refractivity contribution in [3.63, 3.8) is 0 Å². The highest BCUT2D eigenvalue weighted by atomic mass is 19.2. The Morgan fingerprint density at radius 3 is 2.26 bits per heavy atom. The molecule has 0 fully saturated rings. The summed E-state index contributed by atoms with van der Waals surface area (Å²) in [5.74, 6) is -7.43. The molecule has 0 aliphatic heterocycles. The van der Waals surface area contributed by atoms with Gasteiger partial charge in [0.15, 0.2) is 23.2 Å². The van der Waals surface area contributed by atoms with Crippen LogP contribution in [0.5, 0.6) is 11.5 Å². The maximum Gasteiger partial charge on any atom is 0.203 e. The smallest absolute Gasteiger partial charge is 0.203 e. The van der Waals surface area contributed by atoms with Gasteiger partial charge in [0.05, 0.1) is 7.11 Å². The van der Waals surface area contributed by atoms with E-state index >= 15 is 0 Å². The fourth-order valence-electron chi connectivity index (χ4n) is 3.45. The summed E-state index contributed by atoms with van der Waals surface area (Å²) >= 11 is 0. The van der Waals surface area contributed by atoms with E-state index in [1.807, 2.05) is 30.3 Å². The summed E-state index contributed by atoms with van der Waals surface area (Å²) in [6.07, 6.45) is 2.97. The Kier molecular flexibility index (Phi) is 6.63. The number of ether oxygens (including phenoxy) is 2. The van der Waals surface area contributed by atoms with Crippen molar-refractivity contribution in [2.45, 2.75) is 6.61 Å². The molecule has 4 aromatic carbocycles. The van der Waals surface area contributed by atoms with Gasteiger partial charge in [-0.05, 0) is 40.6 Å². The summed E-state index contributed by atoms with van der Waals surface area (Å²) in [6, 6.07) is 18.0. The Bertz CT molecular complexity index is 1390. The molecule has 0 radical (unpaired) electrons. The van der Waals surface area contributed by atoms with E-state index in [9.17, 15) is 22.4 Å². The number of benzene rings is 4. The summed E-state index contributed by atoms with van der Waals surface area (Å²) in [6.45, 7) is -0.430. The van der Waals surface area contributed by atoms with Gasteiger partial charge in [-0.2, -0.15) is 8.78 Å². The lowest BCUT2D eigenvalue weighted by atomic mass is 10.0. The van der Waals surface area contributed by atoms with Gasteiger partial charge in [-0.25, -0.2) is 8.78 Å². The van der Waals surface area contributed by atoms with E-state index in [0.29, 0.717) is 22.4 Å². The Labute approximate surface area is 192 Å². The van der Waals surface area contributed by atoms with Crippen molar-refractivity contribution in [2.75, 3.05) is 7.11 Å². The lowest BCUT2D eigenvalue weighted by Gasteiger charge is -2.13. The Morgan fingerprint density at radius 2 is 1.56 bits per heavy atom. The summed E-state index contributed by atoms with van der Waals surface area (Å²) in [4.78, 5) is 12.6. The zero-order valence-corrected chi connectivity index (χ0v) is 17.9. The predicted molar refractivity (Wildman–Crippen MR) is 121 cm³/mol. The third-order valence-electron chi connectivity index (χ3n) is 5.21. The van der Waals surface area contributed by atoms with Gasteiger partial charge in [0.25, 0.3) is 0 Å². The largest absolute Gasteiger partial charge is 0.496 e. The fraction of sp³-hybridized carbons (Fsp3) is 0.0741. The minimum atomic E-state index is -1.63. The van der Waals surface area contributed by atoms with E-state index in [0.717, 1.165) is 10.8 Å². The van der Waals surface area contributed by atoms with Crippen LogP contribution in [0.15, 0.2) is 72.8 Å². The standard InChI is InChI=1S/C27H18F4O3/c1-33-24-11-7-16(6-10-23(32)19-9-8-17-4-2-3-5-18(17)13-19)12-20(24)15-34-27-25(30)21(28)14-22(29)26(27)31/h2-14H,15H2,1H3/b10-6+. The van der Waals surface area contributed by atoms with Gasteiger partial charge in [-0.1, -0.05) is 48.5 Å². The van der Waals surface area contributed by atoms with Crippen molar-refractivity contribution in [3.8, 4) is 11.5 Å². The van der Waals surface area contributed by atoms with Crippen LogP contribution in [0.1, 0.15) is 21.5 Å². The molecule has 0 saturated carbocycles. The van der Waals surface area contributed by atoms with Crippen LogP contribution >= 0.6 is 0 Å². The van der Waals surface area contributed by atoms with Crippen molar-refractivity contribution in [1.29, 1.82) is 0 Å². The van der Waals surface area contributed by atoms with Crippen LogP contribution < -0.4 is 9.47 Å². The molecule has 3 nitrogen and oxygen atoms in total. The molecule has 0 bridgehead atoms. The zero-order valence-electron chi connectivity index (χ0n) is 17.9. The van der Waals surface area contributed by atoms with E-state index in [4.69, 9.17) is 9.47 Å². The summed E-state index contributed by atoms with van der Waals surface area (Å²) in [5.41, 5.74) is 1.46. The van der Waals surface area contributed by atoms with Gasteiger partial charge in [-0.3, -0.25) is 4.79 Å². The van der Waals surface area contributed by atoms with Gasteiger partial charge in [0, 0.05) is 17.2 Å². The number of carbonyl (C=O) groups is 1. The molecule has 4 rings (SSSR count). The molecular weight excluding hydrogens is 448 g/mol. The third kappa shape index (κ3) is 4.78. The predicted octanol–water partition coefficient (Wildman–Crippen LogP) is 6.88. The van der Waals surface area contributed by atoms with Crippen LogP contribution in [0, 0.1) is 23.3 Å². The number of ketones is 1. The number of carbonyl (C=O) groups excluding carboxylic acids is 1. The number of hydrogen-bond donors (Lipinski definition) is 0. The molecule has 0 amide bonds. The quantitative estimate of drug-likeness (QED) is 0.129. The fourth-order valence-corrected chi connectivity index (χ4v) is 3.45. The van der Waals surface area contributed by atoms with E-state index in [1.54, 1.807) is 36.4 Å². The van der Waals surface area contributed by atoms with Gasteiger partial charge in [0.2, 0.25) is 11.6 Å². The summed E-state index contributed by atoms with van der Waals surface area (Å²) in [7, 11) is 1.39. The molecule has 0 atom stereocenters. The molecular formula is C27H18F4O3. The lowest BCUT2D eigenvalue weighted by molar-refractivity contribution is 0.104. The summed E-state index contributed by atoms with van der Waals surface area (Å²) < 4.78 is 64.9. The number of fused-ring (bicyclic) bond motifs is 1. The van der Waals surface area contributed by atoms with Crippen molar-refractivity contribution in [1.82, 2.24) is 0 Å². The van der Waals surface area contributed by atoms with Crippen LogP contribution in [0.4, 0.5) is 17.6 Å². The third-order valence-corrected chi connectivity index (χ3v) is 5.21. The molecule has 7 heteroatoms. The van der Waals surface area contributed by atoms with Gasteiger partial charge in [0.1, 0.15) is 12.4 Å². The molecule has 34 heavy (non-hydrogen) atoms. The number of rotatable bonds is 7. The number of halogens is 4. The minimum absolute atomic E-state index is 0.107. The molecule has 0 spiro atoms. The van der Waals surface area contributed by atoms with Crippen LogP contribution in [0.3, 0.4) is 0 Å². The van der Waals surface area contributed by atoms with Crippen molar-refractivity contribution in [3.05, 3.63) is 113 Å². The van der Waals surface area contributed by atoms with E-state index < -0.39 is 35.6 Å². The molecule has 4 aromatic rings. The van der Waals surface area contributed by atoms with Crippen LogP contribution in [-0.4, -0.2) is 12.9 Å². The second-order valence-electron chi connectivity index (χ2n) is 7.42. The maximum atomic E-state index is 13.9. The molecule has 172 valence electrons. The molecule has 0 aliphatic rings. The highest BCUT2D eigenvalue weighted by Gasteiger charge is 2.21. The van der Waals surface area contributed by atoms with Crippen molar-refractivity contribution >= 4 is 22.6 Å². The van der Waals surface area contributed by atoms with E-state index in [2.05, 4.69) is 0 Å². The Hall–Kier alpha value is -4.13. The second kappa shape index (κ2) is 9.79. The molecule has 0 aliphatic carbocycles. The first-order chi connectivity index (χ1) is 16.4. The van der Waals surface area contributed by atoms with Gasteiger partial charge >= 0.3 is 0 Å². The molecule has 0 unspecified atom stereocenters. The van der Waals surface area contributed by atoms with Crippen LogP contribution in [0.2, 0.25) is 0 Å². The number of methoxy groups -OCH3 is 1. The zero-order chi connectivity index (χ0) is 24.2. The topological polar surface area (TPSA) is 35.5 Å². The average molecular weight is 466 g/mol. The lowest BCUT2D eigenvalue weighted by Crippen LogP contribution is -2.05. The highest BCUT2D eigenvalue weighted by molar-refractivity contribution is 6.08. The number of hydrogen-bond acceptors (Lipinski definition) is 3. The average Bonchev–Trinajstić information content (AvgIpc) is 2.85. The Balaban J connectivity index is 1.55. The van der Waals surface area contributed by atoms with Crippen LogP contribution in [0.25, 0.3) is 16.8 Å². The first-order valence-electron chi connectivity index (χ1n) is 10.2. The number of allylic oxidation sites excluding steroid dienone is 1. The Morgan fingerprint density at radius 1 is 0.853 bits per heavy atom. The molecule has 0 saturated heterocycles. The monoisotopic (exact) mass is 466 g/mol. The first kappa shape index (κ1) is 23.0. The molecule has 0 aromatic heterocycles. The normalized spacial score (nSPS) is 11.2. The molecule has 0 heterocycles. The van der Waals surface area contributed by atoms with Crippen molar-refractivity contribution in [2.24, 2.45) is 0 Å². The summed E-state index contributed by atoms with van der Waals surface area (Å²) in [5, 5.41) is 1.97. The van der Waals surface area contributed by atoms with Crippen molar-refractivity contribution < 1.29 is 31.8 Å². The second-order valence-corrected chi connectivity index (χ2v) is 7.42. The molecule has 0 N–H and O–H groups in total. The minimum Gasteiger partial charge on any atom is -0.496 e. The van der Waals surface area contributed by atoms with Gasteiger partial charge < -0.3 is 9.47 Å². The highest BCUT2D eigenvalue weighted by Crippen LogP contribution is 2.29. The van der Waals surface area contributed by atoms with E-state index in [1.165, 1.54) is 13.2 Å².